The SMILES string of the molecule is CCOC(=O)C1CCN(C(=O)CN(C)C(=O)CCn2c(-c3cccc(C)c3)n[nH]c2=S)CC1. The molecule has 178 valence electrons. The number of hydrogen-bond acceptors (Lipinski definition) is 6. The Bertz CT molecular complexity index is 1060. The molecule has 1 aliphatic heterocycles. The van der Waals surface area contributed by atoms with Crippen LogP contribution in [0.4, 0.5) is 0 Å². The highest BCUT2D eigenvalue weighted by molar-refractivity contribution is 7.71. The Morgan fingerprint density at radius 3 is 2.67 bits per heavy atom. The monoisotopic (exact) mass is 473 g/mol. The number of H-pyrrole nitrogens is 1. The standard InChI is InChI=1S/C23H31N5O4S/c1-4-32-22(31)17-8-11-27(12-9-17)20(30)15-26(3)19(29)10-13-28-21(24-25-23(28)33)18-7-5-6-16(2)14-18/h5-7,14,17H,4,8-13,15H2,1-3H3,(H,25,33). The number of nitrogens with zero attached hydrogens (tertiary/aromatic N) is 4. The fourth-order valence-electron chi connectivity index (χ4n) is 3.94. The first-order valence-corrected chi connectivity index (χ1v) is 11.6. The van der Waals surface area contributed by atoms with Gasteiger partial charge >= 0.3 is 5.97 Å². The van der Waals surface area contributed by atoms with Gasteiger partial charge in [-0.3, -0.25) is 24.0 Å². The normalized spacial score (nSPS) is 14.2. The number of nitrogens with one attached hydrogen (secondary N) is 1. The van der Waals surface area contributed by atoms with Crippen molar-refractivity contribution in [3.8, 4) is 11.4 Å². The first-order chi connectivity index (χ1) is 15.8. The Balaban J connectivity index is 1.52. The maximum atomic E-state index is 12.7. The van der Waals surface area contributed by atoms with Gasteiger partial charge < -0.3 is 14.5 Å². The number of amides is 2. The van der Waals surface area contributed by atoms with Gasteiger partial charge in [-0.15, -0.1) is 0 Å². The molecule has 2 amide bonds. The first-order valence-electron chi connectivity index (χ1n) is 11.2. The average Bonchev–Trinajstić information content (AvgIpc) is 3.17. The molecule has 10 heteroatoms. The number of likely N-dealkylation sites (tertiary alicyclic amines) is 1. The number of piperidine rings is 1. The molecule has 3 rings (SSSR count). The molecule has 1 N–H and O–H groups in total. The van der Waals surface area contributed by atoms with E-state index in [2.05, 4.69) is 10.2 Å². The van der Waals surface area contributed by atoms with Gasteiger partial charge in [-0.2, -0.15) is 5.10 Å². The topological polar surface area (TPSA) is 101 Å². The van der Waals surface area contributed by atoms with Crippen molar-refractivity contribution in [1.82, 2.24) is 24.6 Å². The van der Waals surface area contributed by atoms with Gasteiger partial charge in [-0.05, 0) is 45.0 Å². The zero-order valence-corrected chi connectivity index (χ0v) is 20.2. The Labute approximate surface area is 198 Å². The van der Waals surface area contributed by atoms with Crippen molar-refractivity contribution in [2.45, 2.75) is 39.7 Å². The van der Waals surface area contributed by atoms with Crippen molar-refractivity contribution in [2.75, 3.05) is 33.3 Å². The van der Waals surface area contributed by atoms with Crippen LogP contribution in [0.25, 0.3) is 11.4 Å². The van der Waals surface area contributed by atoms with E-state index in [1.165, 1.54) is 4.90 Å². The minimum atomic E-state index is -0.195. The lowest BCUT2D eigenvalue weighted by molar-refractivity contribution is -0.151. The molecule has 1 aromatic carbocycles. The van der Waals surface area contributed by atoms with E-state index in [-0.39, 0.29) is 36.7 Å². The third-order valence-electron chi connectivity index (χ3n) is 5.85. The minimum absolute atomic E-state index is 0.00439. The molecule has 0 radical (unpaired) electrons. The quantitative estimate of drug-likeness (QED) is 0.467. The largest absolute Gasteiger partial charge is 0.466 e. The number of likely N-dealkylation sites (N-methyl/N-ethyl adjacent to an activating group) is 1. The van der Waals surface area contributed by atoms with Gasteiger partial charge in [-0.1, -0.05) is 23.8 Å². The molecular formula is C23H31N5O4S. The number of aromatic amines is 1. The molecule has 2 aromatic rings. The van der Waals surface area contributed by atoms with E-state index in [9.17, 15) is 14.4 Å². The smallest absolute Gasteiger partial charge is 0.309 e. The van der Waals surface area contributed by atoms with Crippen LogP contribution in [0.1, 0.15) is 31.7 Å². The third kappa shape index (κ3) is 6.28. The highest BCUT2D eigenvalue weighted by atomic mass is 32.1. The second-order valence-electron chi connectivity index (χ2n) is 8.28. The third-order valence-corrected chi connectivity index (χ3v) is 6.16. The van der Waals surface area contributed by atoms with E-state index < -0.39 is 0 Å². The summed E-state index contributed by atoms with van der Waals surface area (Å²) in [7, 11) is 1.63. The number of benzene rings is 1. The molecule has 1 saturated heterocycles. The van der Waals surface area contributed by atoms with Gasteiger partial charge in [0.2, 0.25) is 11.8 Å². The van der Waals surface area contributed by atoms with E-state index in [4.69, 9.17) is 17.0 Å². The molecule has 1 aromatic heterocycles. The Hall–Kier alpha value is -3.01. The van der Waals surface area contributed by atoms with E-state index >= 15 is 0 Å². The lowest BCUT2D eigenvalue weighted by Crippen LogP contribution is -2.45. The molecule has 0 saturated carbocycles. The van der Waals surface area contributed by atoms with Crippen molar-refractivity contribution in [1.29, 1.82) is 0 Å². The summed E-state index contributed by atoms with van der Waals surface area (Å²) in [5.74, 6) is 0.0617. The number of hydrogen-bond donors (Lipinski definition) is 1. The number of carbonyl (C=O) groups excluding carboxylic acids is 3. The highest BCUT2D eigenvalue weighted by Gasteiger charge is 2.29. The lowest BCUT2D eigenvalue weighted by Gasteiger charge is -2.32. The van der Waals surface area contributed by atoms with Crippen molar-refractivity contribution >= 4 is 30.0 Å². The van der Waals surface area contributed by atoms with E-state index in [0.29, 0.717) is 49.7 Å². The van der Waals surface area contributed by atoms with Crippen LogP contribution in [0.2, 0.25) is 0 Å². The van der Waals surface area contributed by atoms with Crippen LogP contribution in [-0.4, -0.2) is 75.6 Å². The zero-order valence-electron chi connectivity index (χ0n) is 19.4. The number of aromatic nitrogens is 3. The molecule has 33 heavy (non-hydrogen) atoms. The van der Waals surface area contributed by atoms with Crippen LogP contribution in [0.5, 0.6) is 0 Å². The predicted molar refractivity (Wildman–Crippen MR) is 126 cm³/mol. The molecule has 0 atom stereocenters. The number of rotatable bonds is 8. The summed E-state index contributed by atoms with van der Waals surface area (Å²) in [6.07, 6.45) is 1.37. The minimum Gasteiger partial charge on any atom is -0.466 e. The van der Waals surface area contributed by atoms with Crippen molar-refractivity contribution < 1.29 is 19.1 Å². The van der Waals surface area contributed by atoms with Gasteiger partial charge in [-0.25, -0.2) is 0 Å². The molecular weight excluding hydrogens is 442 g/mol. The van der Waals surface area contributed by atoms with E-state index in [0.717, 1.165) is 11.1 Å². The second-order valence-corrected chi connectivity index (χ2v) is 8.67. The molecule has 1 aliphatic rings. The molecule has 0 unspecified atom stereocenters. The molecule has 0 spiro atoms. The van der Waals surface area contributed by atoms with Gasteiger partial charge in [0.1, 0.15) is 0 Å². The van der Waals surface area contributed by atoms with Gasteiger partial charge in [0.25, 0.3) is 0 Å². The number of carbonyl (C=O) groups is 3. The highest BCUT2D eigenvalue weighted by Crippen LogP contribution is 2.20. The van der Waals surface area contributed by atoms with E-state index in [1.54, 1.807) is 23.4 Å². The molecule has 1 fully saturated rings. The summed E-state index contributed by atoms with van der Waals surface area (Å²) in [6, 6.07) is 7.92. The number of esters is 1. The summed E-state index contributed by atoms with van der Waals surface area (Å²) in [6.45, 7) is 5.51. The summed E-state index contributed by atoms with van der Waals surface area (Å²) < 4.78 is 7.32. The summed E-state index contributed by atoms with van der Waals surface area (Å²) in [5, 5.41) is 7.12. The fraction of sp³-hybridized carbons (Fsp3) is 0.522. The molecule has 9 nitrogen and oxygen atoms in total. The van der Waals surface area contributed by atoms with Crippen LogP contribution < -0.4 is 0 Å². The summed E-state index contributed by atoms with van der Waals surface area (Å²) in [4.78, 5) is 40.4. The maximum absolute atomic E-state index is 12.7. The zero-order chi connectivity index (χ0) is 24.0. The number of ether oxygens (including phenoxy) is 1. The molecule has 0 aliphatic carbocycles. The molecule has 0 bridgehead atoms. The van der Waals surface area contributed by atoms with Crippen LogP contribution >= 0.6 is 12.2 Å². The summed E-state index contributed by atoms with van der Waals surface area (Å²) >= 11 is 5.35. The molecule has 2 heterocycles. The Kier molecular flexibility index (Phi) is 8.37. The van der Waals surface area contributed by atoms with Crippen LogP contribution in [0.3, 0.4) is 0 Å². The predicted octanol–water partition coefficient (Wildman–Crippen LogP) is 2.57. The van der Waals surface area contributed by atoms with Crippen LogP contribution in [0.15, 0.2) is 24.3 Å². The Morgan fingerprint density at radius 2 is 2.00 bits per heavy atom. The lowest BCUT2D eigenvalue weighted by atomic mass is 9.97. The van der Waals surface area contributed by atoms with Crippen molar-refractivity contribution in [3.05, 3.63) is 34.6 Å². The average molecular weight is 474 g/mol. The number of aryl methyl sites for hydroxylation is 1. The van der Waals surface area contributed by atoms with Crippen LogP contribution in [0, 0.1) is 17.6 Å². The fourth-order valence-corrected chi connectivity index (χ4v) is 4.17. The van der Waals surface area contributed by atoms with E-state index in [1.807, 2.05) is 31.2 Å². The summed E-state index contributed by atoms with van der Waals surface area (Å²) in [5.41, 5.74) is 2.03. The second kappa shape index (κ2) is 11.2. The van der Waals surface area contributed by atoms with Crippen molar-refractivity contribution in [2.24, 2.45) is 5.92 Å². The van der Waals surface area contributed by atoms with Gasteiger partial charge in [0, 0.05) is 38.7 Å². The first kappa shape index (κ1) is 24.6. The van der Waals surface area contributed by atoms with Gasteiger partial charge in [0.15, 0.2) is 10.6 Å². The van der Waals surface area contributed by atoms with Crippen LogP contribution in [-0.2, 0) is 25.7 Å². The maximum Gasteiger partial charge on any atom is 0.309 e. The Morgan fingerprint density at radius 1 is 1.27 bits per heavy atom. The van der Waals surface area contributed by atoms with Gasteiger partial charge in [0.05, 0.1) is 19.1 Å². The van der Waals surface area contributed by atoms with Crippen molar-refractivity contribution in [3.63, 3.8) is 0 Å².